The predicted octanol–water partition coefficient (Wildman–Crippen LogP) is 2.14. The minimum Gasteiger partial charge on any atom is -0.469 e. The lowest BCUT2D eigenvalue weighted by Crippen LogP contribution is -2.57. The van der Waals surface area contributed by atoms with E-state index in [2.05, 4.69) is 17.6 Å². The number of carbonyl (C=O) groups is 2. The van der Waals surface area contributed by atoms with E-state index in [4.69, 9.17) is 17.0 Å². The minimum absolute atomic E-state index is 0.0515. The highest BCUT2D eigenvalue weighted by Crippen LogP contribution is 2.30. The van der Waals surface area contributed by atoms with Crippen LogP contribution >= 0.6 is 25.0 Å². The Morgan fingerprint density at radius 2 is 1.55 bits per heavy atom. The number of ether oxygens (including phenoxy) is 2. The molecular weight excluding hydrogens is 298 g/mol. The number of esters is 2. The molecule has 0 aromatic carbocycles. The molecule has 7 heteroatoms. The molecule has 0 fully saturated rings. The fraction of sp³-hybridized carbons (Fsp3) is 0.769. The molecule has 0 aliphatic carbocycles. The largest absolute Gasteiger partial charge is 0.469 e. The Labute approximate surface area is 131 Å². The Hall–Kier alpha value is -0.660. The Kier molecular flexibility index (Phi) is 7.69. The zero-order chi connectivity index (χ0) is 16.1. The number of nitrogens with zero attached hydrogens (tertiary/aromatic N) is 1. The van der Waals surface area contributed by atoms with Gasteiger partial charge in [0.05, 0.1) is 45.5 Å². The Balaban J connectivity index is 5.50. The van der Waals surface area contributed by atoms with Gasteiger partial charge in [0, 0.05) is 0 Å². The number of hydrogen-bond donors (Lipinski definition) is 1. The number of hydrogen-bond acceptors (Lipinski definition) is 6. The predicted molar refractivity (Wildman–Crippen MR) is 84.3 cm³/mol. The molecule has 0 saturated carbocycles. The van der Waals surface area contributed by atoms with Gasteiger partial charge >= 0.3 is 11.9 Å². The molecule has 5 nitrogen and oxygen atoms in total. The lowest BCUT2D eigenvalue weighted by atomic mass is 10.0. The van der Waals surface area contributed by atoms with Gasteiger partial charge < -0.3 is 9.47 Å². The van der Waals surface area contributed by atoms with Crippen molar-refractivity contribution in [2.45, 2.75) is 46.2 Å². The second-order valence-electron chi connectivity index (χ2n) is 5.12. The Bertz CT molecular complexity index is 375. The van der Waals surface area contributed by atoms with Crippen LogP contribution in [0.1, 0.15) is 34.1 Å². The first-order chi connectivity index (χ1) is 9.12. The molecule has 0 bridgehead atoms. The average Bonchev–Trinajstić information content (AvgIpc) is 2.41. The van der Waals surface area contributed by atoms with Crippen LogP contribution in [0.2, 0.25) is 0 Å². The van der Waals surface area contributed by atoms with Gasteiger partial charge in [-0.1, -0.05) is 0 Å². The van der Waals surface area contributed by atoms with Gasteiger partial charge in [-0.3, -0.25) is 9.59 Å². The van der Waals surface area contributed by atoms with Gasteiger partial charge in [0.2, 0.25) is 4.99 Å². The van der Waals surface area contributed by atoms with Crippen LogP contribution in [0.15, 0.2) is 0 Å². The van der Waals surface area contributed by atoms with Crippen LogP contribution in [0.4, 0.5) is 0 Å². The molecule has 0 amide bonds. The summed E-state index contributed by atoms with van der Waals surface area (Å²) in [6.45, 7) is 7.86. The molecule has 0 aliphatic heterocycles. The molecule has 0 rings (SSSR count). The maximum absolute atomic E-state index is 11.9. The standard InChI is InChI=1S/C13H24NO4S2/c1-8(2)14(20,9(3)4)12(19)10(13(16)18-6)7-11(15)17-5/h8-10,20H,7H2,1-6H3/q+1. The molecule has 0 aromatic heterocycles. The molecule has 116 valence electrons. The molecular formula is C13H24NO4S2+. The number of rotatable bonds is 6. The summed E-state index contributed by atoms with van der Waals surface area (Å²) in [4.78, 5) is 23.8. The quantitative estimate of drug-likeness (QED) is 0.351. The van der Waals surface area contributed by atoms with Gasteiger partial charge in [-0.05, 0) is 39.9 Å². The number of carbonyl (C=O) groups excluding carboxylic acids is 2. The second kappa shape index (κ2) is 7.95. The van der Waals surface area contributed by atoms with Crippen LogP contribution in [0.5, 0.6) is 0 Å². The highest BCUT2D eigenvalue weighted by molar-refractivity contribution is 7.82. The maximum atomic E-state index is 11.9. The lowest BCUT2D eigenvalue weighted by Gasteiger charge is -2.40. The first kappa shape index (κ1) is 19.3. The second-order valence-corrected chi connectivity index (χ2v) is 6.20. The van der Waals surface area contributed by atoms with Gasteiger partial charge in [0.1, 0.15) is 0 Å². The Morgan fingerprint density at radius 3 is 1.85 bits per heavy atom. The monoisotopic (exact) mass is 322 g/mol. The zero-order valence-corrected chi connectivity index (χ0v) is 14.6. The summed E-state index contributed by atoms with van der Waals surface area (Å²) >= 11 is 10.1. The van der Waals surface area contributed by atoms with E-state index in [9.17, 15) is 9.59 Å². The fourth-order valence-corrected chi connectivity index (χ4v) is 2.76. The zero-order valence-electron chi connectivity index (χ0n) is 12.9. The molecule has 0 spiro atoms. The highest BCUT2D eigenvalue weighted by Gasteiger charge is 2.45. The van der Waals surface area contributed by atoms with Crippen LogP contribution in [0.3, 0.4) is 0 Å². The molecule has 1 unspecified atom stereocenters. The van der Waals surface area contributed by atoms with E-state index in [0.717, 1.165) is 0 Å². The summed E-state index contributed by atoms with van der Waals surface area (Å²) in [7, 11) is 2.54. The highest BCUT2D eigenvalue weighted by atomic mass is 32.1. The van der Waals surface area contributed by atoms with E-state index in [0.29, 0.717) is 4.99 Å². The van der Waals surface area contributed by atoms with Crippen molar-refractivity contribution >= 4 is 42.0 Å². The van der Waals surface area contributed by atoms with Crippen molar-refractivity contribution in [1.82, 2.24) is 0 Å². The van der Waals surface area contributed by atoms with Crippen molar-refractivity contribution < 1.29 is 23.0 Å². The third kappa shape index (κ3) is 4.17. The van der Waals surface area contributed by atoms with E-state index in [1.54, 1.807) is 0 Å². The first-order valence-electron chi connectivity index (χ1n) is 6.43. The van der Waals surface area contributed by atoms with Crippen LogP contribution in [-0.2, 0) is 19.1 Å². The Morgan fingerprint density at radius 1 is 1.10 bits per heavy atom. The summed E-state index contributed by atoms with van der Waals surface area (Å²) in [5.41, 5.74) is 0. The molecule has 0 heterocycles. The third-order valence-corrected chi connectivity index (χ3v) is 5.17. The number of quaternary nitrogens is 1. The molecule has 0 aromatic rings. The van der Waals surface area contributed by atoms with Crippen molar-refractivity contribution in [2.75, 3.05) is 14.2 Å². The molecule has 0 radical (unpaired) electrons. The van der Waals surface area contributed by atoms with Crippen LogP contribution < -0.4 is 0 Å². The summed E-state index contributed by atoms with van der Waals surface area (Å²) in [6.07, 6.45) is -0.137. The summed E-state index contributed by atoms with van der Waals surface area (Å²) < 4.78 is 9.49. The summed E-state index contributed by atoms with van der Waals surface area (Å²) in [6, 6.07) is 0.103. The van der Waals surface area contributed by atoms with E-state index in [1.807, 2.05) is 27.7 Å². The molecule has 0 saturated heterocycles. The van der Waals surface area contributed by atoms with Crippen molar-refractivity contribution in [3.8, 4) is 0 Å². The van der Waals surface area contributed by atoms with Gasteiger partial charge in [-0.25, -0.2) is 3.89 Å². The van der Waals surface area contributed by atoms with Gasteiger partial charge in [-0.15, -0.1) is 0 Å². The summed E-state index contributed by atoms with van der Waals surface area (Å²) in [5, 5.41) is 0. The first-order valence-corrected chi connectivity index (χ1v) is 7.23. The normalized spacial score (nSPS) is 13.2. The van der Waals surface area contributed by atoms with Crippen molar-refractivity contribution in [1.29, 1.82) is 0 Å². The molecule has 0 aliphatic rings. The van der Waals surface area contributed by atoms with E-state index in [-0.39, 0.29) is 22.4 Å². The van der Waals surface area contributed by atoms with Crippen LogP contribution in [-0.4, -0.2) is 47.1 Å². The van der Waals surface area contributed by atoms with E-state index < -0.39 is 17.9 Å². The third-order valence-electron chi connectivity index (χ3n) is 3.31. The molecule has 0 N–H and O–H groups in total. The SMILES string of the molecule is COC(=O)CC(C(=O)OC)C(=S)[N+](S)(C(C)C)C(C)C. The number of thiol groups is 1. The average molecular weight is 322 g/mol. The minimum atomic E-state index is -0.843. The van der Waals surface area contributed by atoms with Gasteiger partial charge in [0.25, 0.3) is 0 Å². The van der Waals surface area contributed by atoms with Gasteiger partial charge in [-0.2, -0.15) is 0 Å². The topological polar surface area (TPSA) is 52.6 Å². The lowest BCUT2D eigenvalue weighted by molar-refractivity contribution is -0.746. The molecule has 1 atom stereocenters. The smallest absolute Gasteiger partial charge is 0.320 e. The number of methoxy groups -OCH3 is 2. The fourth-order valence-electron chi connectivity index (χ4n) is 2.02. The molecule has 20 heavy (non-hydrogen) atoms. The maximum Gasteiger partial charge on any atom is 0.320 e. The van der Waals surface area contributed by atoms with Crippen LogP contribution in [0, 0.1) is 5.92 Å². The van der Waals surface area contributed by atoms with Crippen molar-refractivity contribution in [3.05, 3.63) is 0 Å². The van der Waals surface area contributed by atoms with Crippen LogP contribution in [0.25, 0.3) is 0 Å². The van der Waals surface area contributed by atoms with Crippen molar-refractivity contribution in [2.24, 2.45) is 5.92 Å². The van der Waals surface area contributed by atoms with Crippen molar-refractivity contribution in [3.63, 3.8) is 0 Å². The van der Waals surface area contributed by atoms with E-state index >= 15 is 0 Å². The van der Waals surface area contributed by atoms with Gasteiger partial charge in [0.15, 0.2) is 5.92 Å². The summed E-state index contributed by atoms with van der Waals surface area (Å²) in [5.74, 6) is -1.89. The number of thiocarbonyl (C=S) groups is 1. The van der Waals surface area contributed by atoms with E-state index in [1.165, 1.54) is 14.2 Å².